The van der Waals surface area contributed by atoms with E-state index in [1.807, 2.05) is 25.1 Å². The summed E-state index contributed by atoms with van der Waals surface area (Å²) in [5.74, 6) is -0.103. The van der Waals surface area contributed by atoms with Gasteiger partial charge in [0.2, 0.25) is 0 Å². The first-order valence-corrected chi connectivity index (χ1v) is 6.69. The van der Waals surface area contributed by atoms with Crippen LogP contribution in [0.15, 0.2) is 24.3 Å². The van der Waals surface area contributed by atoms with Gasteiger partial charge in [-0.3, -0.25) is 0 Å². The Morgan fingerprint density at radius 1 is 1.12 bits per heavy atom. The van der Waals surface area contributed by atoms with Crippen molar-refractivity contribution in [3.63, 3.8) is 0 Å². The molecule has 0 unspecified atom stereocenters. The molecule has 0 aromatic heterocycles. The van der Waals surface area contributed by atoms with E-state index >= 15 is 0 Å². The molecule has 0 atom stereocenters. The minimum atomic E-state index is -0.103. The Hall–Kier alpha value is -1.11. The van der Waals surface area contributed by atoms with Crippen molar-refractivity contribution >= 4 is 6.08 Å². The van der Waals surface area contributed by atoms with E-state index in [0.717, 1.165) is 12.0 Å². The lowest BCUT2D eigenvalue weighted by atomic mass is 10.0. The molecule has 17 heavy (non-hydrogen) atoms. The number of halogens is 1. The van der Waals surface area contributed by atoms with Gasteiger partial charge >= 0.3 is 0 Å². The van der Waals surface area contributed by atoms with E-state index in [1.54, 1.807) is 12.1 Å². The fourth-order valence-corrected chi connectivity index (χ4v) is 1.97. The maximum absolute atomic E-state index is 13.6. The fraction of sp³-hybridized carbons (Fsp3) is 0.500. The van der Waals surface area contributed by atoms with Gasteiger partial charge in [-0.25, -0.2) is 4.39 Å². The summed E-state index contributed by atoms with van der Waals surface area (Å²) in [6, 6.07) is 5.59. The molecule has 0 saturated heterocycles. The van der Waals surface area contributed by atoms with Crippen LogP contribution in [0.25, 0.3) is 6.08 Å². The van der Waals surface area contributed by atoms with Gasteiger partial charge in [-0.05, 0) is 31.4 Å². The summed E-state index contributed by atoms with van der Waals surface area (Å²) < 4.78 is 13.6. The molecule has 0 amide bonds. The molecule has 0 aliphatic heterocycles. The molecule has 0 spiro atoms. The maximum Gasteiger partial charge on any atom is 0.130 e. The zero-order valence-electron chi connectivity index (χ0n) is 11.0. The Kier molecular flexibility index (Phi) is 6.61. The van der Waals surface area contributed by atoms with E-state index in [-0.39, 0.29) is 5.82 Å². The third-order valence-corrected chi connectivity index (χ3v) is 2.98. The van der Waals surface area contributed by atoms with Gasteiger partial charge in [0.15, 0.2) is 0 Å². The van der Waals surface area contributed by atoms with Gasteiger partial charge < -0.3 is 0 Å². The molecular weight excluding hydrogens is 211 g/mol. The van der Waals surface area contributed by atoms with Gasteiger partial charge in [-0.15, -0.1) is 0 Å². The van der Waals surface area contributed by atoms with Gasteiger partial charge in [-0.1, -0.05) is 56.9 Å². The van der Waals surface area contributed by atoms with Crippen molar-refractivity contribution in [3.05, 3.63) is 41.2 Å². The standard InChI is InChI=1S/C16H23F/c1-3-5-6-7-8-10-14-11-12-15(9-4-2)16(17)13-14/h4,9,11-13H,3,5-8,10H2,1-2H3. The Morgan fingerprint density at radius 2 is 1.88 bits per heavy atom. The van der Waals surface area contributed by atoms with Gasteiger partial charge in [-0.2, -0.15) is 0 Å². The van der Waals surface area contributed by atoms with Crippen molar-refractivity contribution in [3.8, 4) is 0 Å². The molecule has 94 valence electrons. The largest absolute Gasteiger partial charge is 0.206 e. The van der Waals surface area contributed by atoms with Crippen molar-refractivity contribution < 1.29 is 4.39 Å². The summed E-state index contributed by atoms with van der Waals surface area (Å²) >= 11 is 0. The van der Waals surface area contributed by atoms with E-state index in [2.05, 4.69) is 6.92 Å². The molecule has 1 aromatic rings. The molecule has 0 radical (unpaired) electrons. The van der Waals surface area contributed by atoms with Gasteiger partial charge in [0.25, 0.3) is 0 Å². The molecular formula is C16H23F. The molecule has 0 heterocycles. The minimum Gasteiger partial charge on any atom is -0.206 e. The highest BCUT2D eigenvalue weighted by Crippen LogP contribution is 2.15. The van der Waals surface area contributed by atoms with Crippen LogP contribution in [0.1, 0.15) is 57.1 Å². The zero-order valence-corrected chi connectivity index (χ0v) is 11.0. The Bertz CT molecular complexity index is 353. The summed E-state index contributed by atoms with van der Waals surface area (Å²) in [6.45, 7) is 4.12. The minimum absolute atomic E-state index is 0.103. The van der Waals surface area contributed by atoms with Crippen molar-refractivity contribution in [1.82, 2.24) is 0 Å². The SMILES string of the molecule is CC=Cc1ccc(CCCCCCC)cc1F. The highest BCUT2D eigenvalue weighted by atomic mass is 19.1. The average molecular weight is 234 g/mol. The van der Waals surface area contributed by atoms with Crippen LogP contribution in [0.4, 0.5) is 4.39 Å². The molecule has 1 rings (SSSR count). The molecule has 0 aliphatic rings. The van der Waals surface area contributed by atoms with Crippen LogP contribution >= 0.6 is 0 Å². The highest BCUT2D eigenvalue weighted by Gasteiger charge is 2.00. The van der Waals surface area contributed by atoms with E-state index in [1.165, 1.54) is 32.1 Å². The molecule has 1 heteroatoms. The molecule has 0 fully saturated rings. The first-order chi connectivity index (χ1) is 8.27. The first kappa shape index (κ1) is 14.0. The second-order valence-corrected chi connectivity index (χ2v) is 4.52. The second-order valence-electron chi connectivity index (χ2n) is 4.52. The number of unbranched alkanes of at least 4 members (excludes halogenated alkanes) is 4. The van der Waals surface area contributed by atoms with E-state index in [0.29, 0.717) is 5.56 Å². The number of hydrogen-bond donors (Lipinski definition) is 0. The third-order valence-electron chi connectivity index (χ3n) is 2.98. The van der Waals surface area contributed by atoms with Crippen molar-refractivity contribution in [2.24, 2.45) is 0 Å². The van der Waals surface area contributed by atoms with E-state index in [9.17, 15) is 4.39 Å². The molecule has 0 bridgehead atoms. The molecule has 0 nitrogen and oxygen atoms in total. The van der Waals surface area contributed by atoms with E-state index < -0.39 is 0 Å². The van der Waals surface area contributed by atoms with Crippen molar-refractivity contribution in [2.75, 3.05) is 0 Å². The normalized spacial score (nSPS) is 11.2. The Morgan fingerprint density at radius 3 is 2.53 bits per heavy atom. The maximum atomic E-state index is 13.6. The van der Waals surface area contributed by atoms with Crippen LogP contribution in [0.5, 0.6) is 0 Å². The van der Waals surface area contributed by atoms with Crippen LogP contribution in [-0.2, 0) is 6.42 Å². The summed E-state index contributed by atoms with van der Waals surface area (Å²) in [7, 11) is 0. The number of benzene rings is 1. The monoisotopic (exact) mass is 234 g/mol. The predicted molar refractivity (Wildman–Crippen MR) is 73.6 cm³/mol. The number of aryl methyl sites for hydroxylation is 1. The van der Waals surface area contributed by atoms with Crippen LogP contribution < -0.4 is 0 Å². The lowest BCUT2D eigenvalue weighted by molar-refractivity contribution is 0.614. The van der Waals surface area contributed by atoms with Crippen LogP contribution in [0, 0.1) is 5.82 Å². The average Bonchev–Trinajstić information content (AvgIpc) is 2.32. The van der Waals surface area contributed by atoms with Crippen LogP contribution in [-0.4, -0.2) is 0 Å². The quantitative estimate of drug-likeness (QED) is 0.556. The lowest BCUT2D eigenvalue weighted by Gasteiger charge is -2.04. The summed E-state index contributed by atoms with van der Waals surface area (Å²) in [4.78, 5) is 0. The molecule has 1 aromatic carbocycles. The molecule has 0 aliphatic carbocycles. The lowest BCUT2D eigenvalue weighted by Crippen LogP contribution is -1.90. The number of rotatable bonds is 7. The van der Waals surface area contributed by atoms with Gasteiger partial charge in [0.05, 0.1) is 0 Å². The Balaban J connectivity index is 2.42. The molecule has 0 N–H and O–H groups in total. The number of hydrogen-bond acceptors (Lipinski definition) is 0. The summed E-state index contributed by atoms with van der Waals surface area (Å²) in [5, 5.41) is 0. The van der Waals surface area contributed by atoms with Gasteiger partial charge in [0, 0.05) is 5.56 Å². The van der Waals surface area contributed by atoms with Crippen LogP contribution in [0.3, 0.4) is 0 Å². The zero-order chi connectivity index (χ0) is 12.5. The van der Waals surface area contributed by atoms with Crippen molar-refractivity contribution in [1.29, 1.82) is 0 Å². The summed E-state index contributed by atoms with van der Waals surface area (Å²) in [5.41, 5.74) is 1.80. The van der Waals surface area contributed by atoms with Crippen molar-refractivity contribution in [2.45, 2.75) is 52.4 Å². The smallest absolute Gasteiger partial charge is 0.130 e. The topological polar surface area (TPSA) is 0 Å². The van der Waals surface area contributed by atoms with E-state index in [4.69, 9.17) is 0 Å². The van der Waals surface area contributed by atoms with Gasteiger partial charge in [0.1, 0.15) is 5.82 Å². The summed E-state index contributed by atoms with van der Waals surface area (Å²) in [6.07, 6.45) is 11.0. The predicted octanol–water partition coefficient (Wildman–Crippen LogP) is 5.37. The highest BCUT2D eigenvalue weighted by molar-refractivity contribution is 5.50. The first-order valence-electron chi connectivity index (χ1n) is 6.69. The third kappa shape index (κ3) is 5.16. The second kappa shape index (κ2) is 8.05. The molecule has 0 saturated carbocycles. The van der Waals surface area contributed by atoms with Crippen LogP contribution in [0.2, 0.25) is 0 Å². The number of allylic oxidation sites excluding steroid dienone is 1. The fourth-order valence-electron chi connectivity index (χ4n) is 1.97. The Labute approximate surface area is 105 Å².